The fourth-order valence-corrected chi connectivity index (χ4v) is 3.09. The van der Waals surface area contributed by atoms with E-state index in [0.29, 0.717) is 6.42 Å². The number of rotatable bonds is 3. The zero-order chi connectivity index (χ0) is 14.8. The van der Waals surface area contributed by atoms with E-state index in [1.807, 2.05) is 18.2 Å². The lowest BCUT2D eigenvalue weighted by atomic mass is 10.2. The molecule has 2 aromatic rings. The Bertz CT molecular complexity index is 802. The SMILES string of the molecule is COc1ccc2nc(C3=CC=C([N+](=O)[O-])C=CC3)sc2c1. The van der Waals surface area contributed by atoms with Crippen molar-refractivity contribution < 1.29 is 9.66 Å². The van der Waals surface area contributed by atoms with Crippen molar-refractivity contribution in [1.29, 1.82) is 0 Å². The minimum absolute atomic E-state index is 0.0905. The van der Waals surface area contributed by atoms with Gasteiger partial charge in [-0.1, -0.05) is 6.08 Å². The smallest absolute Gasteiger partial charge is 0.269 e. The largest absolute Gasteiger partial charge is 0.497 e. The minimum atomic E-state index is -0.390. The molecule has 21 heavy (non-hydrogen) atoms. The van der Waals surface area contributed by atoms with Gasteiger partial charge in [0.15, 0.2) is 0 Å². The highest BCUT2D eigenvalue weighted by atomic mass is 32.1. The summed E-state index contributed by atoms with van der Waals surface area (Å²) in [5.74, 6) is 0.794. The number of hydrogen-bond acceptors (Lipinski definition) is 5. The molecule has 0 spiro atoms. The van der Waals surface area contributed by atoms with Crippen molar-refractivity contribution in [3.8, 4) is 5.75 Å². The van der Waals surface area contributed by atoms with Crippen LogP contribution in [0.5, 0.6) is 5.75 Å². The Morgan fingerprint density at radius 2 is 2.24 bits per heavy atom. The fourth-order valence-electron chi connectivity index (χ4n) is 2.07. The monoisotopic (exact) mass is 300 g/mol. The van der Waals surface area contributed by atoms with Crippen LogP contribution in [-0.2, 0) is 0 Å². The summed E-state index contributed by atoms with van der Waals surface area (Å²) in [5.41, 5.74) is 1.97. The Morgan fingerprint density at radius 3 is 3.00 bits per heavy atom. The molecule has 1 aromatic heterocycles. The van der Waals surface area contributed by atoms with Gasteiger partial charge in [-0.2, -0.15) is 0 Å². The van der Waals surface area contributed by atoms with E-state index in [0.717, 1.165) is 26.5 Å². The maximum absolute atomic E-state index is 10.8. The second-order valence-electron chi connectivity index (χ2n) is 4.50. The van der Waals surface area contributed by atoms with E-state index in [9.17, 15) is 10.1 Å². The van der Waals surface area contributed by atoms with Crippen LogP contribution in [0.1, 0.15) is 11.4 Å². The van der Waals surface area contributed by atoms with E-state index in [2.05, 4.69) is 4.98 Å². The van der Waals surface area contributed by atoms with E-state index in [1.165, 1.54) is 12.2 Å². The first-order valence-electron chi connectivity index (χ1n) is 6.34. The van der Waals surface area contributed by atoms with E-state index >= 15 is 0 Å². The van der Waals surface area contributed by atoms with Crippen molar-refractivity contribution in [3.05, 3.63) is 63.3 Å². The van der Waals surface area contributed by atoms with Crippen LogP contribution in [0, 0.1) is 10.1 Å². The number of hydrogen-bond donors (Lipinski definition) is 0. The molecule has 0 atom stereocenters. The molecule has 0 radical (unpaired) electrons. The normalized spacial score (nSPS) is 14.5. The second-order valence-corrected chi connectivity index (χ2v) is 5.53. The van der Waals surface area contributed by atoms with Crippen LogP contribution in [-0.4, -0.2) is 17.0 Å². The summed E-state index contributed by atoms with van der Waals surface area (Å²) in [4.78, 5) is 15.0. The number of benzene rings is 1. The molecule has 0 saturated carbocycles. The summed E-state index contributed by atoms with van der Waals surface area (Å²) in [7, 11) is 1.63. The lowest BCUT2D eigenvalue weighted by molar-refractivity contribution is -0.419. The molecule has 0 aliphatic heterocycles. The highest BCUT2D eigenvalue weighted by Crippen LogP contribution is 2.32. The second kappa shape index (κ2) is 5.49. The number of ether oxygens (including phenoxy) is 1. The van der Waals surface area contributed by atoms with Crippen molar-refractivity contribution in [2.24, 2.45) is 0 Å². The van der Waals surface area contributed by atoms with Gasteiger partial charge in [-0.15, -0.1) is 11.3 Å². The highest BCUT2D eigenvalue weighted by molar-refractivity contribution is 7.19. The quantitative estimate of drug-likeness (QED) is 0.638. The molecule has 1 aliphatic carbocycles. The average Bonchev–Trinajstić information content (AvgIpc) is 2.74. The van der Waals surface area contributed by atoms with Crippen molar-refractivity contribution in [1.82, 2.24) is 4.98 Å². The number of aromatic nitrogens is 1. The summed E-state index contributed by atoms with van der Waals surface area (Å²) >= 11 is 1.56. The number of nitro groups is 1. The average molecular weight is 300 g/mol. The lowest BCUT2D eigenvalue weighted by Gasteiger charge is -1.96. The van der Waals surface area contributed by atoms with Crippen molar-refractivity contribution in [2.45, 2.75) is 6.42 Å². The van der Waals surface area contributed by atoms with Crippen molar-refractivity contribution in [2.75, 3.05) is 7.11 Å². The third kappa shape index (κ3) is 2.71. The summed E-state index contributed by atoms with van der Waals surface area (Å²) in [6, 6.07) is 5.74. The number of thiazole rings is 1. The molecule has 3 rings (SSSR count). The van der Waals surface area contributed by atoms with Gasteiger partial charge >= 0.3 is 0 Å². The first-order valence-corrected chi connectivity index (χ1v) is 7.16. The third-order valence-corrected chi connectivity index (χ3v) is 4.26. The molecule has 0 unspecified atom stereocenters. The van der Waals surface area contributed by atoms with Gasteiger partial charge in [0.1, 0.15) is 10.8 Å². The van der Waals surface area contributed by atoms with Gasteiger partial charge in [0.05, 0.1) is 22.2 Å². The molecule has 6 heteroatoms. The number of allylic oxidation sites excluding steroid dienone is 5. The summed E-state index contributed by atoms with van der Waals surface area (Å²) < 4.78 is 6.24. The Kier molecular flexibility index (Phi) is 3.53. The van der Waals surface area contributed by atoms with Crippen LogP contribution in [0.4, 0.5) is 0 Å². The Balaban J connectivity index is 2.00. The predicted octanol–water partition coefficient (Wildman–Crippen LogP) is 3.81. The standard InChI is InChI=1S/C15H12N2O3S/c1-20-12-7-8-13-14(9-12)21-15(16-13)10-3-2-4-11(6-5-10)17(18)19/h2,4-9H,3H2,1H3. The topological polar surface area (TPSA) is 65.3 Å². The lowest BCUT2D eigenvalue weighted by Crippen LogP contribution is -1.93. The zero-order valence-corrected chi connectivity index (χ0v) is 12.1. The molecule has 0 amide bonds. The molecule has 5 nitrogen and oxygen atoms in total. The van der Waals surface area contributed by atoms with Crippen molar-refractivity contribution in [3.63, 3.8) is 0 Å². The predicted molar refractivity (Wildman–Crippen MR) is 83.0 cm³/mol. The maximum atomic E-state index is 10.8. The molecule has 0 fully saturated rings. The molecule has 1 aliphatic rings. The molecule has 0 saturated heterocycles. The Labute approximate surface area is 125 Å². The number of methoxy groups -OCH3 is 1. The van der Waals surface area contributed by atoms with Crippen LogP contribution in [0.3, 0.4) is 0 Å². The van der Waals surface area contributed by atoms with Crippen molar-refractivity contribution >= 4 is 27.1 Å². The van der Waals surface area contributed by atoms with Crippen LogP contribution >= 0.6 is 11.3 Å². The molecule has 1 heterocycles. The molecule has 106 valence electrons. The zero-order valence-electron chi connectivity index (χ0n) is 11.3. The van der Waals surface area contributed by atoms with Crippen LogP contribution in [0.15, 0.2) is 48.2 Å². The summed E-state index contributed by atoms with van der Waals surface area (Å²) in [6.07, 6.45) is 7.24. The number of fused-ring (bicyclic) bond motifs is 1. The van der Waals surface area contributed by atoms with Gasteiger partial charge in [-0.3, -0.25) is 10.1 Å². The fraction of sp³-hybridized carbons (Fsp3) is 0.133. The van der Waals surface area contributed by atoms with E-state index in [1.54, 1.807) is 30.6 Å². The maximum Gasteiger partial charge on any atom is 0.269 e. The van der Waals surface area contributed by atoms with E-state index in [-0.39, 0.29) is 10.6 Å². The number of nitrogens with zero attached hydrogens (tertiary/aromatic N) is 2. The molecule has 1 aromatic carbocycles. The van der Waals surface area contributed by atoms with Gasteiger partial charge in [0.25, 0.3) is 5.70 Å². The van der Waals surface area contributed by atoms with Gasteiger partial charge in [-0.25, -0.2) is 4.98 Å². The highest BCUT2D eigenvalue weighted by Gasteiger charge is 2.12. The summed E-state index contributed by atoms with van der Waals surface area (Å²) in [5, 5.41) is 11.7. The Morgan fingerprint density at radius 1 is 1.38 bits per heavy atom. The first-order chi connectivity index (χ1) is 10.2. The minimum Gasteiger partial charge on any atom is -0.497 e. The molecule has 0 N–H and O–H groups in total. The van der Waals surface area contributed by atoms with E-state index in [4.69, 9.17) is 4.74 Å². The van der Waals surface area contributed by atoms with Gasteiger partial charge < -0.3 is 4.74 Å². The van der Waals surface area contributed by atoms with E-state index < -0.39 is 0 Å². The molecular weight excluding hydrogens is 288 g/mol. The Hall–Kier alpha value is -2.47. The van der Waals surface area contributed by atoms with Gasteiger partial charge in [0, 0.05) is 12.2 Å². The van der Waals surface area contributed by atoms with Gasteiger partial charge in [-0.05, 0) is 36.3 Å². The van der Waals surface area contributed by atoms with Crippen LogP contribution < -0.4 is 4.74 Å². The first kappa shape index (κ1) is 13.5. The molecule has 0 bridgehead atoms. The summed E-state index contributed by atoms with van der Waals surface area (Å²) in [6.45, 7) is 0. The van der Waals surface area contributed by atoms with Gasteiger partial charge in [0.2, 0.25) is 0 Å². The van der Waals surface area contributed by atoms with Crippen LogP contribution in [0.25, 0.3) is 15.8 Å². The van der Waals surface area contributed by atoms with Crippen LogP contribution in [0.2, 0.25) is 0 Å². The molecular formula is C15H12N2O3S. The third-order valence-electron chi connectivity index (χ3n) is 3.16.